The van der Waals surface area contributed by atoms with E-state index in [0.29, 0.717) is 0 Å². The topological polar surface area (TPSA) is 82.9 Å². The van der Waals surface area contributed by atoms with Crippen molar-refractivity contribution in [3.8, 4) is 0 Å². The third kappa shape index (κ3) is 7.19. The van der Waals surface area contributed by atoms with Crippen molar-refractivity contribution in [2.24, 2.45) is 0 Å². The predicted octanol–water partition coefficient (Wildman–Crippen LogP) is 4.21. The van der Waals surface area contributed by atoms with Gasteiger partial charge >= 0.3 is 12.2 Å². The number of ether oxygens (including phenoxy) is 2. The molecule has 7 heteroatoms. The van der Waals surface area contributed by atoms with Crippen LogP contribution in [0.4, 0.5) is 9.59 Å². The zero-order chi connectivity index (χ0) is 19.5. The third-order valence-corrected chi connectivity index (χ3v) is 2.67. The largest absolute Gasteiger partial charge is 0.443 e. The van der Waals surface area contributed by atoms with Crippen molar-refractivity contribution < 1.29 is 19.1 Å². The van der Waals surface area contributed by atoms with E-state index in [4.69, 9.17) is 14.9 Å². The summed E-state index contributed by atoms with van der Waals surface area (Å²) in [5, 5.41) is 8.39. The molecule has 140 valence electrons. The molecule has 0 atom stereocenters. The first-order valence-electron chi connectivity index (χ1n) is 8.19. The van der Waals surface area contributed by atoms with Crippen LogP contribution < -0.4 is 0 Å². The van der Waals surface area contributed by atoms with Crippen LogP contribution in [-0.4, -0.2) is 51.2 Å². The Morgan fingerprint density at radius 1 is 0.750 bits per heavy atom. The summed E-state index contributed by atoms with van der Waals surface area (Å²) in [6, 6.07) is -0.702. The highest BCUT2D eigenvalue weighted by molar-refractivity contribution is 6.00. The monoisotopic (exact) mass is 343 g/mol. The molecule has 0 saturated carbocycles. The lowest BCUT2D eigenvalue weighted by Crippen LogP contribution is -2.55. The van der Waals surface area contributed by atoms with E-state index in [0.717, 1.165) is 9.80 Å². The van der Waals surface area contributed by atoms with Crippen molar-refractivity contribution in [1.82, 2.24) is 9.80 Å². The Hall–Kier alpha value is -1.79. The average molecular weight is 343 g/mol. The molecule has 0 aliphatic rings. The maximum atomic E-state index is 12.5. The van der Waals surface area contributed by atoms with Gasteiger partial charge in [-0.1, -0.05) is 0 Å². The van der Waals surface area contributed by atoms with E-state index in [1.807, 2.05) is 0 Å². The van der Waals surface area contributed by atoms with Crippen molar-refractivity contribution in [3.05, 3.63) is 0 Å². The molecule has 0 radical (unpaired) electrons. The van der Waals surface area contributed by atoms with E-state index in [-0.39, 0.29) is 18.0 Å². The first-order valence-corrected chi connectivity index (χ1v) is 8.19. The predicted molar refractivity (Wildman–Crippen MR) is 94.1 cm³/mol. The second-order valence-electron chi connectivity index (χ2n) is 8.21. The van der Waals surface area contributed by atoms with Crippen LogP contribution in [0.1, 0.15) is 69.2 Å². The normalized spacial score (nSPS) is 12.2. The van der Waals surface area contributed by atoms with E-state index in [1.54, 1.807) is 69.2 Å². The van der Waals surface area contributed by atoms with Crippen molar-refractivity contribution >= 4 is 18.1 Å². The van der Waals surface area contributed by atoms with Crippen molar-refractivity contribution in [2.45, 2.75) is 92.5 Å². The number of carbonyl (C=O) groups is 2. The van der Waals surface area contributed by atoms with Gasteiger partial charge in [0, 0.05) is 12.1 Å². The van der Waals surface area contributed by atoms with Crippen LogP contribution >= 0.6 is 0 Å². The molecule has 0 spiro atoms. The maximum absolute atomic E-state index is 12.5. The quantitative estimate of drug-likeness (QED) is 0.601. The zero-order valence-corrected chi connectivity index (χ0v) is 16.7. The summed E-state index contributed by atoms with van der Waals surface area (Å²) < 4.78 is 10.7. The third-order valence-electron chi connectivity index (χ3n) is 2.67. The van der Waals surface area contributed by atoms with E-state index in [1.165, 1.54) is 0 Å². The standard InChI is InChI=1S/C17H33N3O4/c1-11(2)19(14(21)23-16(5,6)7)13(18)20(12(3)4)15(22)24-17(8,9)10/h11-12,18H,1-10H3. The summed E-state index contributed by atoms with van der Waals surface area (Å²) in [6.07, 6.45) is -1.34. The van der Waals surface area contributed by atoms with E-state index < -0.39 is 23.4 Å². The Kier molecular flexibility index (Phi) is 7.27. The number of guanidine groups is 1. The van der Waals surface area contributed by atoms with Crippen molar-refractivity contribution in [3.63, 3.8) is 0 Å². The van der Waals surface area contributed by atoms with Crippen LogP contribution in [-0.2, 0) is 9.47 Å². The highest BCUT2D eigenvalue weighted by atomic mass is 16.6. The smallest absolute Gasteiger partial charge is 0.417 e. The number of hydrogen-bond donors (Lipinski definition) is 1. The lowest BCUT2D eigenvalue weighted by molar-refractivity contribution is 0.0220. The molecular weight excluding hydrogens is 310 g/mol. The lowest BCUT2D eigenvalue weighted by Gasteiger charge is -2.36. The Morgan fingerprint density at radius 3 is 1.17 bits per heavy atom. The van der Waals surface area contributed by atoms with Crippen LogP contribution in [0.25, 0.3) is 0 Å². The molecule has 1 N–H and O–H groups in total. The maximum Gasteiger partial charge on any atom is 0.417 e. The number of carbonyl (C=O) groups excluding carboxylic acids is 2. The van der Waals surface area contributed by atoms with Gasteiger partial charge in [0.05, 0.1) is 0 Å². The number of amides is 2. The first-order chi connectivity index (χ1) is 10.6. The molecule has 0 fully saturated rings. The zero-order valence-electron chi connectivity index (χ0n) is 16.7. The van der Waals surface area contributed by atoms with Gasteiger partial charge in [-0.2, -0.15) is 0 Å². The minimum Gasteiger partial charge on any atom is -0.443 e. The molecule has 0 heterocycles. The summed E-state index contributed by atoms with van der Waals surface area (Å²) in [5.41, 5.74) is -1.39. The Labute approximate surface area is 145 Å². The minimum atomic E-state index is -0.695. The van der Waals surface area contributed by atoms with Gasteiger partial charge in [-0.25, -0.2) is 19.4 Å². The van der Waals surface area contributed by atoms with E-state index in [2.05, 4.69) is 0 Å². The second-order valence-corrected chi connectivity index (χ2v) is 8.21. The van der Waals surface area contributed by atoms with Crippen LogP contribution in [0.2, 0.25) is 0 Å². The molecule has 0 aromatic heterocycles. The fourth-order valence-corrected chi connectivity index (χ4v) is 1.82. The van der Waals surface area contributed by atoms with Crippen LogP contribution in [0.15, 0.2) is 0 Å². The van der Waals surface area contributed by atoms with Gasteiger partial charge < -0.3 is 9.47 Å². The minimum absolute atomic E-state index is 0.261. The van der Waals surface area contributed by atoms with Gasteiger partial charge in [0.25, 0.3) is 0 Å². The molecule has 0 aliphatic heterocycles. The molecule has 0 aromatic rings. The molecule has 0 saturated heterocycles. The summed E-state index contributed by atoms with van der Waals surface area (Å²) in [4.78, 5) is 27.2. The Balaban J connectivity index is 5.56. The number of rotatable bonds is 2. The van der Waals surface area contributed by atoms with Crippen LogP contribution in [0.3, 0.4) is 0 Å². The summed E-state index contributed by atoms with van der Waals surface area (Å²) >= 11 is 0. The summed E-state index contributed by atoms with van der Waals surface area (Å²) in [7, 11) is 0. The molecule has 2 amide bonds. The highest BCUT2D eigenvalue weighted by Gasteiger charge is 2.35. The molecule has 0 bridgehead atoms. The van der Waals surface area contributed by atoms with Gasteiger partial charge in [-0.15, -0.1) is 0 Å². The average Bonchev–Trinajstić information content (AvgIpc) is 2.21. The molecule has 0 aliphatic carbocycles. The van der Waals surface area contributed by atoms with Crippen molar-refractivity contribution in [1.29, 1.82) is 5.41 Å². The lowest BCUT2D eigenvalue weighted by atomic mass is 10.2. The van der Waals surface area contributed by atoms with Crippen molar-refractivity contribution in [2.75, 3.05) is 0 Å². The van der Waals surface area contributed by atoms with Gasteiger partial charge in [0.2, 0.25) is 5.96 Å². The molecule has 0 rings (SSSR count). The molecule has 24 heavy (non-hydrogen) atoms. The van der Waals surface area contributed by atoms with Gasteiger partial charge in [0.15, 0.2) is 0 Å². The molecular formula is C17H33N3O4. The highest BCUT2D eigenvalue weighted by Crippen LogP contribution is 2.17. The SMILES string of the molecule is CC(C)N(C(=N)N(C(=O)OC(C)(C)C)C(C)C)C(=O)OC(C)(C)C. The Morgan fingerprint density at radius 2 is 1.00 bits per heavy atom. The number of nitrogens with zero attached hydrogens (tertiary/aromatic N) is 2. The fourth-order valence-electron chi connectivity index (χ4n) is 1.82. The first kappa shape index (κ1) is 22.2. The Bertz CT molecular complexity index is 431. The van der Waals surface area contributed by atoms with Crippen LogP contribution in [0.5, 0.6) is 0 Å². The number of hydrogen-bond acceptors (Lipinski definition) is 5. The van der Waals surface area contributed by atoms with Gasteiger partial charge in [0.1, 0.15) is 11.2 Å². The van der Waals surface area contributed by atoms with E-state index >= 15 is 0 Å². The molecule has 0 aromatic carbocycles. The van der Waals surface area contributed by atoms with Gasteiger partial charge in [-0.05, 0) is 69.2 Å². The number of nitrogens with one attached hydrogen (secondary N) is 1. The molecule has 0 unspecified atom stereocenters. The second kappa shape index (κ2) is 7.85. The summed E-state index contributed by atoms with van der Waals surface area (Å²) in [6.45, 7) is 17.5. The molecule has 7 nitrogen and oxygen atoms in total. The summed E-state index contributed by atoms with van der Waals surface area (Å²) in [5.74, 6) is -0.261. The van der Waals surface area contributed by atoms with E-state index in [9.17, 15) is 9.59 Å². The van der Waals surface area contributed by atoms with Crippen LogP contribution in [0, 0.1) is 5.41 Å². The fraction of sp³-hybridized carbons (Fsp3) is 0.824. The van der Waals surface area contributed by atoms with Gasteiger partial charge in [-0.3, -0.25) is 5.41 Å².